The Hall–Kier alpha value is 5.27. The van der Waals surface area contributed by atoms with Crippen LogP contribution in [0.1, 0.15) is 1.43 Å². The van der Waals surface area contributed by atoms with Crippen molar-refractivity contribution in [3.63, 3.8) is 0 Å². The Kier molecular flexibility index (Phi) is 504. The van der Waals surface area contributed by atoms with E-state index in [-0.39, 0.29) is 172 Å². The molecule has 0 rings (SSSR count). The summed E-state index contributed by atoms with van der Waals surface area (Å²) >= 11 is 0. The van der Waals surface area contributed by atoms with E-state index in [1.54, 1.807) is 0 Å². The maximum absolute atomic E-state index is 0. The first-order valence-corrected chi connectivity index (χ1v) is 0. The van der Waals surface area contributed by atoms with Crippen LogP contribution in [-0.2, 0) is 119 Å². The third-order valence-corrected chi connectivity index (χ3v) is 0. The Morgan fingerprint density at radius 1 is 0.375 bits per heavy atom. The van der Waals surface area contributed by atoms with Crippen molar-refractivity contribution in [2.24, 2.45) is 0 Å². The van der Waals surface area contributed by atoms with Crippen LogP contribution in [0, 0.1) is 0 Å². The minimum absolute atomic E-state index is 0. The monoisotopic (exact) mass is 480 g/mol. The summed E-state index contributed by atoms with van der Waals surface area (Å²) in [6, 6.07) is 0. The molecule has 0 aromatic rings. The van der Waals surface area contributed by atoms with Gasteiger partial charge in [0, 0.05) is 119 Å². The van der Waals surface area contributed by atoms with Gasteiger partial charge in [0.25, 0.3) is 0 Å². The summed E-state index contributed by atoms with van der Waals surface area (Å²) in [4.78, 5) is 0. The average molecular weight is 485 g/mol. The van der Waals surface area contributed by atoms with Crippen LogP contribution in [0.4, 0.5) is 0 Å². The van der Waals surface area contributed by atoms with Crippen LogP contribution in [0.2, 0.25) is 0 Å². The summed E-state index contributed by atoms with van der Waals surface area (Å²) in [6.45, 7) is 0. The Morgan fingerprint density at radius 3 is 0.375 bits per heavy atom. The van der Waals surface area contributed by atoms with Gasteiger partial charge >= 0.3 is 51.4 Å². The molecule has 8 heavy (non-hydrogen) atoms. The van der Waals surface area contributed by atoms with Crippen molar-refractivity contribution in [2.75, 3.05) is 0 Å². The van der Waals surface area contributed by atoms with E-state index in [1.165, 1.54) is 0 Å². The summed E-state index contributed by atoms with van der Waals surface area (Å²) < 4.78 is 0. The topological polar surface area (TPSA) is 0 Å². The van der Waals surface area contributed by atoms with E-state index >= 15 is 0 Å². The van der Waals surface area contributed by atoms with Crippen LogP contribution in [0.5, 0.6) is 0 Å². The predicted octanol–water partition coefficient (Wildman–Crippen LogP) is -2.90. The zero-order valence-corrected chi connectivity index (χ0v) is 12.8. The van der Waals surface area contributed by atoms with Crippen LogP contribution in [0.15, 0.2) is 0 Å². The van der Waals surface area contributed by atoms with Crippen molar-refractivity contribution in [3.05, 3.63) is 0 Å². The first-order valence-electron chi connectivity index (χ1n) is 0. The van der Waals surface area contributed by atoms with Crippen molar-refractivity contribution < 1.29 is 172 Å². The van der Waals surface area contributed by atoms with Gasteiger partial charge < -0.3 is 1.43 Å². The smallest absolute Gasteiger partial charge is 1.00 e. The van der Waals surface area contributed by atoms with Crippen LogP contribution >= 0.6 is 0 Å². The Bertz CT molecular complexity index is 8.88. The van der Waals surface area contributed by atoms with E-state index in [9.17, 15) is 0 Å². The fourth-order valence-electron chi connectivity index (χ4n) is 0. The molecule has 0 aromatic heterocycles. The molecule has 0 atom stereocenters. The van der Waals surface area contributed by atoms with Crippen LogP contribution in [0.25, 0.3) is 0 Å². The summed E-state index contributed by atoms with van der Waals surface area (Å²) in [5, 5.41) is 0. The molecule has 0 aromatic carbocycles. The summed E-state index contributed by atoms with van der Waals surface area (Å²) in [6.07, 6.45) is 0. The molecule has 0 aliphatic heterocycles. The molecule has 7 radical (unpaired) electrons. The summed E-state index contributed by atoms with van der Waals surface area (Å²) in [7, 11) is 0. The molecule has 0 saturated carbocycles. The minimum Gasteiger partial charge on any atom is -1.00 e. The van der Waals surface area contributed by atoms with Gasteiger partial charge in [0.1, 0.15) is 0 Å². The van der Waals surface area contributed by atoms with E-state index in [0.29, 0.717) is 0 Å². The van der Waals surface area contributed by atoms with Crippen molar-refractivity contribution in [3.8, 4) is 0 Å². The van der Waals surface area contributed by atoms with E-state index in [1.807, 2.05) is 0 Å². The van der Waals surface area contributed by atoms with E-state index in [4.69, 9.17) is 0 Å². The first-order chi connectivity index (χ1) is 0. The summed E-state index contributed by atoms with van der Waals surface area (Å²) in [5.41, 5.74) is 0. The van der Waals surface area contributed by atoms with Gasteiger partial charge in [-0.3, -0.25) is 0 Å². The molecule has 0 amide bonds. The van der Waals surface area contributed by atoms with Gasteiger partial charge in [-0.15, -0.1) is 0 Å². The maximum Gasteiger partial charge on any atom is 1.00 e. The molecule has 0 fully saturated rings. The molecule has 0 spiro atoms. The molecule has 0 bridgehead atoms. The van der Waals surface area contributed by atoms with Crippen molar-refractivity contribution in [2.45, 2.75) is 0 Å². The van der Waals surface area contributed by atoms with Crippen LogP contribution in [-0.4, -0.2) is 0 Å². The Labute approximate surface area is 168 Å². The third kappa shape index (κ3) is 42.8. The van der Waals surface area contributed by atoms with E-state index < -0.39 is 0 Å². The van der Waals surface area contributed by atoms with E-state index in [0.717, 1.165) is 0 Å². The average Bonchev–Trinajstić information content (AvgIpc) is 0. The predicted molar refractivity (Wildman–Crippen MR) is 1.11 cm³/mol. The van der Waals surface area contributed by atoms with Gasteiger partial charge in [-0.1, -0.05) is 0 Å². The molecule has 0 N–H and O–H groups in total. The second-order valence-corrected chi connectivity index (χ2v) is 0. The molecule has 0 unspecified atom stereocenters. The fourth-order valence-corrected chi connectivity index (χ4v) is 0. The second kappa shape index (κ2) is 56.1. The Morgan fingerprint density at radius 2 is 0.375 bits per heavy atom. The van der Waals surface area contributed by atoms with Gasteiger partial charge in [0.2, 0.25) is 0 Å². The normalized spacial score (nSPS) is 0. The third-order valence-electron chi connectivity index (χ3n) is 0. The molecule has 0 saturated heterocycles. The van der Waals surface area contributed by atoms with Crippen molar-refractivity contribution in [1.29, 1.82) is 0 Å². The molecule has 0 aliphatic rings. The van der Waals surface area contributed by atoms with E-state index in [2.05, 4.69) is 0 Å². The number of rotatable bonds is 0. The molecule has 0 heterocycles. The molecule has 0 nitrogen and oxygen atoms in total. The van der Waals surface area contributed by atoms with Gasteiger partial charge in [-0.2, -0.15) is 0 Å². The van der Waals surface area contributed by atoms with Crippen molar-refractivity contribution >= 4 is 0 Å². The largest absolute Gasteiger partial charge is 1.00 e. The zero-order chi connectivity index (χ0) is 0. The summed E-state index contributed by atoms with van der Waals surface area (Å²) in [5.74, 6) is 0. The SMILES string of the molecule is [Cu].[Cu].[Cu].[Cu].[Cu].[Cu].[Cu].[H-].[K+]. The fraction of sp³-hybridized carbons (Fsp3) is 0. The van der Waals surface area contributed by atoms with Gasteiger partial charge in [0.15, 0.2) is 0 Å². The molecule has 79 valence electrons. The molecular formula is HCu7K. The quantitative estimate of drug-likeness (QED) is 0.324. The maximum atomic E-state index is 0. The number of hydrogen-bond acceptors (Lipinski definition) is 0. The Balaban J connectivity index is 0. The standard InChI is InChI=1S/7Cu.K.H/q;;;;;;;+1;-1. The molecule has 8 heteroatoms. The first kappa shape index (κ1) is 71.9. The minimum atomic E-state index is 0. The van der Waals surface area contributed by atoms with Crippen LogP contribution in [0.3, 0.4) is 0 Å². The van der Waals surface area contributed by atoms with Crippen LogP contribution < -0.4 is 51.4 Å². The van der Waals surface area contributed by atoms with Gasteiger partial charge in [-0.05, 0) is 0 Å². The second-order valence-electron chi connectivity index (χ2n) is 0. The zero-order valence-electron chi connectivity index (χ0n) is 4.11. The van der Waals surface area contributed by atoms with Crippen molar-refractivity contribution in [1.82, 2.24) is 0 Å². The van der Waals surface area contributed by atoms with Gasteiger partial charge in [0.05, 0.1) is 0 Å². The number of hydrogen-bond donors (Lipinski definition) is 0. The van der Waals surface area contributed by atoms with Gasteiger partial charge in [-0.25, -0.2) is 0 Å². The molecular weight excluding hydrogens is 484 g/mol. The molecule has 0 aliphatic carbocycles.